The second-order valence-corrected chi connectivity index (χ2v) is 17.4. The third-order valence-electron chi connectivity index (χ3n) is 6.06. The second kappa shape index (κ2) is 16.5. The first-order valence-electron chi connectivity index (χ1n) is 12.1. The fraction of sp³-hybridized carbons (Fsp3) is 1.00. The van der Waals surface area contributed by atoms with Gasteiger partial charge in [-0.25, -0.2) is 0 Å². The van der Waals surface area contributed by atoms with Crippen molar-refractivity contribution in [2.45, 2.75) is 101 Å². The number of hydrogen-bond acceptors (Lipinski definition) is 4. The SMILES string of the molecule is CCC(C)CC(C)COP(=O)(SCC(C)CC(C)CC)SCC(C)CC(C)CC. The highest BCUT2D eigenvalue weighted by atomic mass is 33.1. The molecule has 0 aliphatic rings. The molecule has 29 heavy (non-hydrogen) atoms. The van der Waals surface area contributed by atoms with E-state index < -0.39 is 5.77 Å². The van der Waals surface area contributed by atoms with Crippen molar-refractivity contribution in [2.75, 3.05) is 18.1 Å². The molecule has 6 atom stereocenters. The molecule has 176 valence electrons. The maximum absolute atomic E-state index is 13.7. The van der Waals surface area contributed by atoms with Crippen molar-refractivity contribution >= 4 is 28.5 Å². The molecule has 0 aliphatic carbocycles. The molecule has 0 radical (unpaired) electrons. The Morgan fingerprint density at radius 1 is 0.621 bits per heavy atom. The molecule has 0 heterocycles. The van der Waals surface area contributed by atoms with Crippen molar-refractivity contribution in [1.29, 1.82) is 0 Å². The van der Waals surface area contributed by atoms with E-state index in [-0.39, 0.29) is 0 Å². The van der Waals surface area contributed by atoms with Crippen LogP contribution in [0.5, 0.6) is 0 Å². The summed E-state index contributed by atoms with van der Waals surface area (Å²) in [7, 11) is 0. The van der Waals surface area contributed by atoms with E-state index in [0.717, 1.165) is 29.8 Å². The van der Waals surface area contributed by atoms with Crippen LogP contribution in [0.3, 0.4) is 0 Å². The summed E-state index contributed by atoms with van der Waals surface area (Å²) < 4.78 is 19.9. The van der Waals surface area contributed by atoms with Gasteiger partial charge in [0.05, 0.1) is 6.61 Å². The fourth-order valence-corrected chi connectivity index (χ4v) is 10.8. The molecule has 0 aromatic carbocycles. The molecule has 6 unspecified atom stereocenters. The molecule has 0 N–H and O–H groups in total. The largest absolute Gasteiger partial charge is 0.313 e. The lowest BCUT2D eigenvalue weighted by atomic mass is 9.96. The van der Waals surface area contributed by atoms with Gasteiger partial charge in [0.25, 0.3) is 0 Å². The van der Waals surface area contributed by atoms with Gasteiger partial charge in [-0.1, -0.05) is 104 Å². The van der Waals surface area contributed by atoms with Crippen LogP contribution in [-0.2, 0) is 9.09 Å². The summed E-state index contributed by atoms with van der Waals surface area (Å²) >= 11 is 3.23. The lowest BCUT2D eigenvalue weighted by molar-refractivity contribution is 0.247. The van der Waals surface area contributed by atoms with Gasteiger partial charge in [-0.15, -0.1) is 0 Å². The minimum atomic E-state index is -2.70. The van der Waals surface area contributed by atoms with E-state index >= 15 is 0 Å². The van der Waals surface area contributed by atoms with E-state index in [4.69, 9.17) is 4.52 Å². The molecular formula is C24H51O2PS2. The van der Waals surface area contributed by atoms with E-state index in [9.17, 15) is 4.57 Å². The van der Waals surface area contributed by atoms with Crippen LogP contribution in [0.15, 0.2) is 0 Å². The lowest BCUT2D eigenvalue weighted by Gasteiger charge is -2.24. The van der Waals surface area contributed by atoms with Crippen LogP contribution in [0.2, 0.25) is 0 Å². The Bertz CT molecular complexity index is 385. The van der Waals surface area contributed by atoms with Crippen molar-refractivity contribution in [3.8, 4) is 0 Å². The molecule has 0 aromatic rings. The van der Waals surface area contributed by atoms with Crippen LogP contribution in [-0.4, -0.2) is 18.1 Å². The van der Waals surface area contributed by atoms with E-state index in [1.165, 1.54) is 32.1 Å². The van der Waals surface area contributed by atoms with Gasteiger partial charge >= 0.3 is 5.77 Å². The van der Waals surface area contributed by atoms with Crippen LogP contribution in [0.4, 0.5) is 0 Å². The summed E-state index contributed by atoms with van der Waals surface area (Å²) in [6, 6.07) is 0. The smallest absolute Gasteiger partial charge is 0.313 e. The predicted molar refractivity (Wildman–Crippen MR) is 138 cm³/mol. The molecule has 0 spiro atoms. The Morgan fingerprint density at radius 2 is 0.966 bits per heavy atom. The standard InChI is InChI=1S/C24H51O2PS2/c1-10-19(4)13-22(7)16-26-27(25,28-17-23(8)14-20(5)11-2)29-18-24(9)15-21(6)12-3/h19-24H,10-18H2,1-9H3. The molecule has 0 saturated heterocycles. The second-order valence-electron chi connectivity index (χ2n) is 9.90. The quantitative estimate of drug-likeness (QED) is 0.188. The first kappa shape index (κ1) is 29.9. The molecule has 0 saturated carbocycles. The fourth-order valence-electron chi connectivity index (χ4n) is 3.53. The van der Waals surface area contributed by atoms with Gasteiger partial charge < -0.3 is 4.52 Å². The Balaban J connectivity index is 4.80. The number of hydrogen-bond donors (Lipinski definition) is 0. The molecule has 0 bridgehead atoms. The van der Waals surface area contributed by atoms with Crippen molar-refractivity contribution in [2.24, 2.45) is 35.5 Å². The highest BCUT2D eigenvalue weighted by molar-refractivity contribution is 8.89. The summed E-state index contributed by atoms with van der Waals surface area (Å²) in [4.78, 5) is 0. The minimum Gasteiger partial charge on any atom is -0.313 e. The molecule has 0 fully saturated rings. The summed E-state index contributed by atoms with van der Waals surface area (Å²) in [6.07, 6.45) is 7.22. The first-order valence-corrected chi connectivity index (χ1v) is 16.9. The van der Waals surface area contributed by atoms with Gasteiger partial charge in [0.15, 0.2) is 0 Å². The third kappa shape index (κ3) is 15.4. The maximum atomic E-state index is 13.7. The Hall–Kier alpha value is 0.890. The van der Waals surface area contributed by atoms with Gasteiger partial charge in [-0.2, -0.15) is 0 Å². The van der Waals surface area contributed by atoms with E-state index in [1.807, 2.05) is 0 Å². The Morgan fingerprint density at radius 3 is 1.31 bits per heavy atom. The van der Waals surface area contributed by atoms with Crippen molar-refractivity contribution < 1.29 is 9.09 Å². The van der Waals surface area contributed by atoms with Crippen LogP contribution < -0.4 is 0 Å². The van der Waals surface area contributed by atoms with Gasteiger partial charge in [-0.3, -0.25) is 4.57 Å². The molecular weight excluding hydrogens is 415 g/mol. The zero-order chi connectivity index (χ0) is 22.4. The van der Waals surface area contributed by atoms with Gasteiger partial charge in [-0.05, 0) is 54.8 Å². The maximum Gasteiger partial charge on any atom is 0.313 e. The molecule has 5 heteroatoms. The zero-order valence-electron chi connectivity index (χ0n) is 20.9. The first-order chi connectivity index (χ1) is 13.5. The summed E-state index contributed by atoms with van der Waals surface area (Å²) in [5, 5.41) is 0. The monoisotopic (exact) mass is 466 g/mol. The average Bonchev–Trinajstić information content (AvgIpc) is 2.69. The summed E-state index contributed by atoms with van der Waals surface area (Å²) in [5.41, 5.74) is 0. The van der Waals surface area contributed by atoms with Crippen LogP contribution in [0, 0.1) is 35.5 Å². The van der Waals surface area contributed by atoms with Crippen molar-refractivity contribution in [3.63, 3.8) is 0 Å². The predicted octanol–water partition coefficient (Wildman–Crippen LogP) is 9.79. The van der Waals surface area contributed by atoms with Gasteiger partial charge in [0, 0.05) is 11.5 Å². The highest BCUT2D eigenvalue weighted by Crippen LogP contribution is 2.70. The molecule has 0 aromatic heterocycles. The summed E-state index contributed by atoms with van der Waals surface area (Å²) in [6.45, 7) is 21.1. The molecule has 0 aliphatic heterocycles. The lowest BCUT2D eigenvalue weighted by Crippen LogP contribution is -2.10. The van der Waals surface area contributed by atoms with E-state index in [0.29, 0.717) is 30.3 Å². The van der Waals surface area contributed by atoms with Crippen LogP contribution >= 0.6 is 28.5 Å². The zero-order valence-corrected chi connectivity index (χ0v) is 23.4. The molecule has 0 rings (SSSR count). The van der Waals surface area contributed by atoms with Gasteiger partial charge in [0.1, 0.15) is 0 Å². The topological polar surface area (TPSA) is 26.3 Å². The normalized spacial score (nSPS) is 20.4. The van der Waals surface area contributed by atoms with Crippen molar-refractivity contribution in [1.82, 2.24) is 0 Å². The Kier molecular flexibility index (Phi) is 17.0. The summed E-state index contributed by atoms with van der Waals surface area (Å²) in [5.74, 6) is 3.00. The van der Waals surface area contributed by atoms with E-state index in [1.54, 1.807) is 22.8 Å². The van der Waals surface area contributed by atoms with E-state index in [2.05, 4.69) is 62.3 Å². The highest BCUT2D eigenvalue weighted by Gasteiger charge is 2.28. The average molecular weight is 467 g/mol. The third-order valence-corrected chi connectivity index (χ3v) is 13.9. The van der Waals surface area contributed by atoms with Crippen LogP contribution in [0.1, 0.15) is 101 Å². The molecule has 2 nitrogen and oxygen atoms in total. The molecule has 0 amide bonds. The van der Waals surface area contributed by atoms with Crippen LogP contribution in [0.25, 0.3) is 0 Å². The Labute approximate surface area is 191 Å². The minimum absolute atomic E-state index is 0.467. The number of rotatable bonds is 18. The van der Waals surface area contributed by atoms with Crippen molar-refractivity contribution in [3.05, 3.63) is 0 Å². The van der Waals surface area contributed by atoms with Gasteiger partial charge in [0.2, 0.25) is 0 Å².